The summed E-state index contributed by atoms with van der Waals surface area (Å²) in [5, 5.41) is 21.6. The Hall–Kier alpha value is -2.83. The van der Waals surface area contributed by atoms with Crippen LogP contribution in [0, 0.1) is 26.0 Å². The lowest BCUT2D eigenvalue weighted by atomic mass is 10.0. The van der Waals surface area contributed by atoms with E-state index in [-0.39, 0.29) is 5.69 Å². The molecule has 0 spiro atoms. The van der Waals surface area contributed by atoms with E-state index in [4.69, 9.17) is 0 Å². The van der Waals surface area contributed by atoms with Gasteiger partial charge in [-0.1, -0.05) is 24.3 Å². The van der Waals surface area contributed by atoms with E-state index in [1.807, 2.05) is 0 Å². The van der Waals surface area contributed by atoms with Crippen LogP contribution in [0.3, 0.4) is 0 Å². The lowest BCUT2D eigenvalue weighted by Crippen LogP contribution is -1.99. The van der Waals surface area contributed by atoms with Crippen molar-refractivity contribution in [2.75, 3.05) is 0 Å². The Kier molecular flexibility index (Phi) is 4.22. The molecule has 0 radical (unpaired) electrons. The first-order valence-electron chi connectivity index (χ1n) is 6.14. The van der Waals surface area contributed by atoms with Crippen molar-refractivity contribution in [2.24, 2.45) is 0 Å². The fourth-order valence-electron chi connectivity index (χ4n) is 2.03. The summed E-state index contributed by atoms with van der Waals surface area (Å²) in [6.45, 7) is 0. The molecule has 0 unspecified atom stereocenters. The van der Waals surface area contributed by atoms with Gasteiger partial charge in [-0.15, -0.1) is 0 Å². The summed E-state index contributed by atoms with van der Waals surface area (Å²) in [5.74, 6) is -0.894. The highest BCUT2D eigenvalue weighted by Crippen LogP contribution is 2.22. The van der Waals surface area contributed by atoms with Gasteiger partial charge in [0.25, 0.3) is 5.69 Å². The lowest BCUT2D eigenvalue weighted by molar-refractivity contribution is -0.387. The summed E-state index contributed by atoms with van der Waals surface area (Å²) in [5.41, 5.74) is 0.514. The van der Waals surface area contributed by atoms with Crippen molar-refractivity contribution in [1.29, 1.82) is 0 Å². The molecule has 108 valence electrons. The van der Waals surface area contributed by atoms with Crippen molar-refractivity contribution in [3.63, 3.8) is 0 Å². The predicted molar refractivity (Wildman–Crippen MR) is 73.6 cm³/mol. The van der Waals surface area contributed by atoms with Crippen LogP contribution in [0.5, 0.6) is 0 Å². The molecule has 7 heteroatoms. The molecule has 0 fully saturated rings. The number of halogens is 1. The lowest BCUT2D eigenvalue weighted by Gasteiger charge is -2.04. The number of aryl methyl sites for hydroxylation is 2. The number of hydrogen-bond acceptors (Lipinski definition) is 4. The molecule has 0 heterocycles. The molecule has 2 rings (SSSR count). The van der Waals surface area contributed by atoms with E-state index >= 15 is 0 Å². The number of rotatable bonds is 5. The summed E-state index contributed by atoms with van der Waals surface area (Å²) in [6.07, 6.45) is 0.700. The molecular weight excluding hydrogens is 279 g/mol. The average Bonchev–Trinajstić information content (AvgIpc) is 2.46. The normalized spacial score (nSPS) is 10.3. The van der Waals surface area contributed by atoms with Crippen molar-refractivity contribution in [1.82, 2.24) is 0 Å². The van der Waals surface area contributed by atoms with Crippen LogP contribution < -0.4 is 0 Å². The second-order valence-corrected chi connectivity index (χ2v) is 4.43. The van der Waals surface area contributed by atoms with E-state index < -0.39 is 21.4 Å². The van der Waals surface area contributed by atoms with E-state index in [0.29, 0.717) is 24.0 Å². The van der Waals surface area contributed by atoms with Gasteiger partial charge in [0.05, 0.1) is 9.85 Å². The highest BCUT2D eigenvalue weighted by Gasteiger charge is 2.16. The third-order valence-corrected chi connectivity index (χ3v) is 3.08. The summed E-state index contributed by atoms with van der Waals surface area (Å²) >= 11 is 0. The van der Waals surface area contributed by atoms with Gasteiger partial charge in [0.15, 0.2) is 0 Å². The average molecular weight is 290 g/mol. The van der Waals surface area contributed by atoms with Gasteiger partial charge >= 0.3 is 5.69 Å². The van der Waals surface area contributed by atoms with Gasteiger partial charge in [-0.25, -0.2) is 0 Å². The fraction of sp³-hybridized carbons (Fsp3) is 0.143. The molecular formula is C14H11FN2O4. The molecule has 6 nitrogen and oxygen atoms in total. The van der Waals surface area contributed by atoms with Crippen molar-refractivity contribution in [3.8, 4) is 0 Å². The molecule has 0 aromatic heterocycles. The minimum absolute atomic E-state index is 0.00844. The second kappa shape index (κ2) is 6.08. The van der Waals surface area contributed by atoms with Gasteiger partial charge in [0.2, 0.25) is 5.82 Å². The quantitative estimate of drug-likeness (QED) is 0.623. The van der Waals surface area contributed by atoms with Crippen LogP contribution in [-0.4, -0.2) is 9.85 Å². The van der Waals surface area contributed by atoms with Gasteiger partial charge in [0.1, 0.15) is 0 Å². The predicted octanol–water partition coefficient (Wildman–Crippen LogP) is 3.43. The largest absolute Gasteiger partial charge is 0.305 e. The minimum atomic E-state index is -0.894. The first-order chi connectivity index (χ1) is 9.99. The molecule has 0 aliphatic rings. The van der Waals surface area contributed by atoms with E-state index in [1.165, 1.54) is 12.1 Å². The molecule has 0 aliphatic carbocycles. The Bertz CT molecular complexity index is 703. The number of para-hydroxylation sites is 1. The zero-order valence-electron chi connectivity index (χ0n) is 10.9. The zero-order valence-corrected chi connectivity index (χ0v) is 10.9. The Morgan fingerprint density at radius 2 is 1.57 bits per heavy atom. The first-order valence-corrected chi connectivity index (χ1v) is 6.14. The van der Waals surface area contributed by atoms with E-state index in [9.17, 15) is 24.6 Å². The third kappa shape index (κ3) is 3.38. The van der Waals surface area contributed by atoms with Crippen LogP contribution in [0.2, 0.25) is 0 Å². The van der Waals surface area contributed by atoms with Crippen LogP contribution >= 0.6 is 0 Å². The molecule has 0 saturated heterocycles. The Labute approximate surface area is 119 Å². The summed E-state index contributed by atoms with van der Waals surface area (Å²) in [6, 6.07) is 9.94. The van der Waals surface area contributed by atoms with Gasteiger partial charge in [0, 0.05) is 17.7 Å². The third-order valence-electron chi connectivity index (χ3n) is 3.08. The smallest absolute Gasteiger partial charge is 0.258 e. The number of benzene rings is 2. The minimum Gasteiger partial charge on any atom is -0.258 e. The van der Waals surface area contributed by atoms with Crippen LogP contribution in [0.25, 0.3) is 0 Å². The summed E-state index contributed by atoms with van der Waals surface area (Å²) in [7, 11) is 0. The molecule has 0 atom stereocenters. The maximum Gasteiger partial charge on any atom is 0.305 e. The highest BCUT2D eigenvalue weighted by atomic mass is 19.1. The molecule has 2 aromatic rings. The van der Waals surface area contributed by atoms with E-state index in [2.05, 4.69) is 0 Å². The molecule has 0 bridgehead atoms. The number of nitro groups is 2. The number of hydrogen-bond donors (Lipinski definition) is 0. The van der Waals surface area contributed by atoms with Gasteiger partial charge in [-0.05, 0) is 24.5 Å². The van der Waals surface area contributed by atoms with E-state index in [1.54, 1.807) is 18.2 Å². The van der Waals surface area contributed by atoms with Crippen molar-refractivity contribution >= 4 is 11.4 Å². The molecule has 0 saturated carbocycles. The van der Waals surface area contributed by atoms with Crippen molar-refractivity contribution in [3.05, 3.63) is 79.6 Å². The maximum atomic E-state index is 13.2. The maximum absolute atomic E-state index is 13.2. The molecule has 21 heavy (non-hydrogen) atoms. The topological polar surface area (TPSA) is 86.3 Å². The van der Waals surface area contributed by atoms with Crippen LogP contribution in [-0.2, 0) is 12.8 Å². The van der Waals surface area contributed by atoms with Gasteiger partial charge < -0.3 is 0 Å². The van der Waals surface area contributed by atoms with Crippen LogP contribution in [0.4, 0.5) is 15.8 Å². The molecule has 0 aliphatic heterocycles. The van der Waals surface area contributed by atoms with Gasteiger partial charge in [-0.3, -0.25) is 20.2 Å². The van der Waals surface area contributed by atoms with Crippen molar-refractivity contribution < 1.29 is 14.2 Å². The summed E-state index contributed by atoms with van der Waals surface area (Å²) in [4.78, 5) is 20.3. The molecule has 0 amide bonds. The molecule has 2 aromatic carbocycles. The van der Waals surface area contributed by atoms with Crippen molar-refractivity contribution in [2.45, 2.75) is 12.8 Å². The standard InChI is InChI=1S/C14H11FN2O4/c15-12-8-6-10(9-14(12)17(20)21)5-7-11-3-1-2-4-13(11)16(18)19/h1-4,6,8-9H,5,7H2. The second-order valence-electron chi connectivity index (χ2n) is 4.43. The SMILES string of the molecule is O=[N+]([O-])c1cc(CCc2ccccc2[N+](=O)[O-])ccc1F. The van der Waals surface area contributed by atoms with Crippen LogP contribution in [0.15, 0.2) is 42.5 Å². The Balaban J connectivity index is 2.19. The zero-order chi connectivity index (χ0) is 15.4. The van der Waals surface area contributed by atoms with E-state index in [0.717, 1.165) is 12.1 Å². The Morgan fingerprint density at radius 3 is 2.24 bits per heavy atom. The Morgan fingerprint density at radius 1 is 0.905 bits per heavy atom. The van der Waals surface area contributed by atoms with Crippen LogP contribution in [0.1, 0.15) is 11.1 Å². The molecule has 0 N–H and O–H groups in total. The monoisotopic (exact) mass is 290 g/mol. The first kappa shape index (κ1) is 14.6. The summed E-state index contributed by atoms with van der Waals surface area (Å²) < 4.78 is 13.2. The van der Waals surface area contributed by atoms with Gasteiger partial charge in [-0.2, -0.15) is 4.39 Å². The number of nitro benzene ring substituents is 2. The fourth-order valence-corrected chi connectivity index (χ4v) is 2.03. The highest BCUT2D eigenvalue weighted by molar-refractivity contribution is 5.41. The number of nitrogens with zero attached hydrogens (tertiary/aromatic N) is 2.